The van der Waals surface area contributed by atoms with Crippen LogP contribution in [-0.4, -0.2) is 30.5 Å². The number of anilines is 2. The summed E-state index contributed by atoms with van der Waals surface area (Å²) in [7, 11) is 1.97. The van der Waals surface area contributed by atoms with Gasteiger partial charge >= 0.3 is 5.97 Å². The topological polar surface area (TPSA) is 71.5 Å². The third-order valence-electron chi connectivity index (χ3n) is 4.33. The van der Waals surface area contributed by atoms with Crippen LogP contribution in [-0.2, 0) is 11.3 Å². The molecule has 3 aromatic rings. The van der Waals surface area contributed by atoms with Gasteiger partial charge in [-0.1, -0.05) is 30.3 Å². The third kappa shape index (κ3) is 5.42. The molecule has 1 N–H and O–H groups in total. The Hall–Kier alpha value is -3.67. The van der Waals surface area contributed by atoms with E-state index in [1.165, 1.54) is 5.56 Å². The smallest absolute Gasteiger partial charge is 0.338 e. The van der Waals surface area contributed by atoms with Gasteiger partial charge < -0.3 is 15.0 Å². The number of pyridine rings is 1. The van der Waals surface area contributed by atoms with Crippen molar-refractivity contribution >= 4 is 23.3 Å². The zero-order valence-corrected chi connectivity index (χ0v) is 16.5. The van der Waals surface area contributed by atoms with Crippen molar-refractivity contribution < 1.29 is 14.3 Å². The monoisotopic (exact) mass is 389 g/mol. The summed E-state index contributed by atoms with van der Waals surface area (Å²) in [6, 6.07) is 20.3. The van der Waals surface area contributed by atoms with Gasteiger partial charge in [-0.15, -0.1) is 0 Å². The Bertz CT molecular complexity index is 972. The van der Waals surface area contributed by atoms with Crippen LogP contribution in [0.3, 0.4) is 0 Å². The molecule has 0 unspecified atom stereocenters. The van der Waals surface area contributed by atoms with Crippen molar-refractivity contribution in [2.24, 2.45) is 0 Å². The first-order chi connectivity index (χ1) is 14.1. The van der Waals surface area contributed by atoms with Crippen molar-refractivity contribution in [1.29, 1.82) is 0 Å². The Kier molecular flexibility index (Phi) is 6.58. The van der Waals surface area contributed by atoms with Crippen LogP contribution < -0.4 is 10.2 Å². The molecular weight excluding hydrogens is 366 g/mol. The van der Waals surface area contributed by atoms with Gasteiger partial charge in [-0.2, -0.15) is 0 Å². The van der Waals surface area contributed by atoms with Crippen LogP contribution in [0.4, 0.5) is 11.4 Å². The van der Waals surface area contributed by atoms with Crippen LogP contribution in [0.5, 0.6) is 0 Å². The molecule has 0 aliphatic heterocycles. The van der Waals surface area contributed by atoms with E-state index in [1.54, 1.807) is 43.5 Å². The van der Waals surface area contributed by atoms with Crippen molar-refractivity contribution in [2.45, 2.75) is 13.5 Å². The maximum atomic E-state index is 12.6. The van der Waals surface area contributed by atoms with Gasteiger partial charge in [0.2, 0.25) is 0 Å². The van der Waals surface area contributed by atoms with Crippen LogP contribution in [0.1, 0.15) is 33.3 Å². The number of carbonyl (C=O) groups excluding carboxylic acids is 2. The van der Waals surface area contributed by atoms with Gasteiger partial charge in [0.1, 0.15) is 5.69 Å². The summed E-state index contributed by atoms with van der Waals surface area (Å²) in [5, 5.41) is 2.80. The number of esters is 1. The number of benzene rings is 2. The molecular formula is C23H23N3O3. The summed E-state index contributed by atoms with van der Waals surface area (Å²) in [6.07, 6.45) is 1.62. The number of nitrogens with one attached hydrogen (secondary N) is 1. The highest BCUT2D eigenvalue weighted by Gasteiger charge is 2.12. The summed E-state index contributed by atoms with van der Waals surface area (Å²) in [5.41, 5.74) is 3.41. The molecule has 0 saturated carbocycles. The van der Waals surface area contributed by atoms with Crippen LogP contribution in [0.15, 0.2) is 72.9 Å². The Morgan fingerprint density at radius 2 is 1.76 bits per heavy atom. The Balaban J connectivity index is 1.67. The summed E-state index contributed by atoms with van der Waals surface area (Å²) < 4.78 is 4.96. The molecule has 1 aromatic heterocycles. The predicted octanol–water partition coefficient (Wildman–Crippen LogP) is 4.15. The number of aromatic nitrogens is 1. The lowest BCUT2D eigenvalue weighted by Gasteiger charge is -2.19. The first-order valence-corrected chi connectivity index (χ1v) is 9.36. The molecule has 0 atom stereocenters. The summed E-state index contributed by atoms with van der Waals surface area (Å²) in [4.78, 5) is 30.5. The van der Waals surface area contributed by atoms with E-state index in [-0.39, 0.29) is 11.9 Å². The number of rotatable bonds is 7. The number of carbonyl (C=O) groups is 2. The third-order valence-corrected chi connectivity index (χ3v) is 4.33. The Labute approximate surface area is 170 Å². The summed E-state index contributed by atoms with van der Waals surface area (Å²) in [6.45, 7) is 2.80. The van der Waals surface area contributed by atoms with Gasteiger partial charge in [-0.05, 0) is 48.9 Å². The Morgan fingerprint density at radius 3 is 2.45 bits per heavy atom. The molecule has 0 fully saturated rings. The molecule has 6 heteroatoms. The van der Waals surface area contributed by atoms with Crippen molar-refractivity contribution in [2.75, 3.05) is 23.9 Å². The van der Waals surface area contributed by atoms with Gasteiger partial charge in [-0.25, -0.2) is 4.79 Å². The van der Waals surface area contributed by atoms with Gasteiger partial charge in [-0.3, -0.25) is 9.78 Å². The molecule has 3 rings (SSSR count). The normalized spacial score (nSPS) is 10.3. The van der Waals surface area contributed by atoms with E-state index in [1.807, 2.05) is 31.3 Å². The van der Waals surface area contributed by atoms with Crippen LogP contribution in [0.25, 0.3) is 0 Å². The SMILES string of the molecule is CCOC(=O)c1ccc(NC(=O)c2cc(N(C)Cc3ccccc3)ccn2)cc1. The molecule has 1 amide bonds. The van der Waals surface area contributed by atoms with Crippen molar-refractivity contribution in [3.8, 4) is 0 Å². The zero-order chi connectivity index (χ0) is 20.6. The molecule has 1 heterocycles. The minimum Gasteiger partial charge on any atom is -0.462 e. The first kappa shape index (κ1) is 20.1. The van der Waals surface area contributed by atoms with Gasteiger partial charge in [0.05, 0.1) is 12.2 Å². The van der Waals surface area contributed by atoms with Crippen molar-refractivity contribution in [3.63, 3.8) is 0 Å². The number of hydrogen-bond donors (Lipinski definition) is 1. The number of hydrogen-bond acceptors (Lipinski definition) is 5. The van der Waals surface area contributed by atoms with Gasteiger partial charge in [0.25, 0.3) is 5.91 Å². The fourth-order valence-corrected chi connectivity index (χ4v) is 2.83. The summed E-state index contributed by atoms with van der Waals surface area (Å²) >= 11 is 0. The quantitative estimate of drug-likeness (QED) is 0.615. The average Bonchev–Trinajstić information content (AvgIpc) is 2.75. The van der Waals surface area contributed by atoms with E-state index >= 15 is 0 Å². The number of nitrogens with zero attached hydrogens (tertiary/aromatic N) is 2. The molecule has 0 aliphatic rings. The molecule has 148 valence electrons. The predicted molar refractivity (Wildman–Crippen MR) is 113 cm³/mol. The molecule has 0 radical (unpaired) electrons. The lowest BCUT2D eigenvalue weighted by Crippen LogP contribution is -2.18. The highest BCUT2D eigenvalue weighted by atomic mass is 16.5. The molecule has 2 aromatic carbocycles. The van der Waals surface area contributed by atoms with E-state index in [0.717, 1.165) is 12.2 Å². The highest BCUT2D eigenvalue weighted by molar-refractivity contribution is 6.03. The second-order valence-electron chi connectivity index (χ2n) is 6.49. The van der Waals surface area contributed by atoms with E-state index in [0.29, 0.717) is 23.6 Å². The van der Waals surface area contributed by atoms with E-state index < -0.39 is 0 Å². The fourth-order valence-electron chi connectivity index (χ4n) is 2.83. The second-order valence-corrected chi connectivity index (χ2v) is 6.49. The molecule has 0 spiro atoms. The summed E-state index contributed by atoms with van der Waals surface area (Å²) in [5.74, 6) is -0.704. The Morgan fingerprint density at radius 1 is 1.03 bits per heavy atom. The largest absolute Gasteiger partial charge is 0.462 e. The van der Waals surface area contributed by atoms with Crippen LogP contribution in [0, 0.1) is 0 Å². The van der Waals surface area contributed by atoms with E-state index in [4.69, 9.17) is 4.74 Å². The molecule has 0 aliphatic carbocycles. The zero-order valence-electron chi connectivity index (χ0n) is 16.5. The van der Waals surface area contributed by atoms with Gasteiger partial charge in [0.15, 0.2) is 0 Å². The first-order valence-electron chi connectivity index (χ1n) is 9.36. The number of ether oxygens (including phenoxy) is 1. The number of amides is 1. The minimum absolute atomic E-state index is 0.316. The lowest BCUT2D eigenvalue weighted by molar-refractivity contribution is 0.0526. The second kappa shape index (κ2) is 9.50. The van der Waals surface area contributed by atoms with E-state index in [2.05, 4.69) is 27.3 Å². The standard InChI is InChI=1S/C23H23N3O3/c1-3-29-23(28)18-9-11-19(12-10-18)25-22(27)21-15-20(13-14-24-21)26(2)16-17-7-5-4-6-8-17/h4-15H,3,16H2,1-2H3,(H,25,27). The van der Waals surface area contributed by atoms with Crippen LogP contribution in [0.2, 0.25) is 0 Å². The van der Waals surface area contributed by atoms with Crippen molar-refractivity contribution in [1.82, 2.24) is 4.98 Å². The lowest BCUT2D eigenvalue weighted by atomic mass is 10.2. The average molecular weight is 389 g/mol. The maximum Gasteiger partial charge on any atom is 0.338 e. The minimum atomic E-state index is -0.388. The van der Waals surface area contributed by atoms with Crippen LogP contribution >= 0.6 is 0 Å². The maximum absolute atomic E-state index is 12.6. The van der Waals surface area contributed by atoms with Gasteiger partial charge in [0, 0.05) is 31.2 Å². The molecule has 6 nitrogen and oxygen atoms in total. The highest BCUT2D eigenvalue weighted by Crippen LogP contribution is 2.17. The van der Waals surface area contributed by atoms with E-state index in [9.17, 15) is 9.59 Å². The fraction of sp³-hybridized carbons (Fsp3) is 0.174. The van der Waals surface area contributed by atoms with Crippen molar-refractivity contribution in [3.05, 3.63) is 89.7 Å². The molecule has 29 heavy (non-hydrogen) atoms. The molecule has 0 bridgehead atoms. The molecule has 0 saturated heterocycles.